The number of hydrogen-bond donors (Lipinski definition) is 2. The zero-order valence-electron chi connectivity index (χ0n) is 10.0. The molecular weight excluding hydrogens is 307 g/mol. The van der Waals surface area contributed by atoms with Crippen LogP contribution in [-0.4, -0.2) is 52.8 Å². The van der Waals surface area contributed by atoms with Crippen LogP contribution in [-0.2, 0) is 0 Å². The summed E-state index contributed by atoms with van der Waals surface area (Å²) in [7, 11) is 3.82. The molecule has 0 aliphatic carbocycles. The number of nitrogens with zero attached hydrogens (tertiary/aromatic N) is 3. The standard InChI is InChI=1S/C10H16BrClN4O/c1-10(17,5-16(2)3)4-13-9-7(11)8(12)14-6-15-9/h6,17H,4-5H2,1-3H3,(H,13,14,15). The summed E-state index contributed by atoms with van der Waals surface area (Å²) in [5.74, 6) is 0.573. The molecule has 0 saturated carbocycles. The Kier molecular flexibility index (Phi) is 5.12. The molecule has 0 amide bonds. The Morgan fingerprint density at radius 1 is 1.53 bits per heavy atom. The number of aliphatic hydroxyl groups is 1. The van der Waals surface area contributed by atoms with Gasteiger partial charge in [-0.25, -0.2) is 9.97 Å². The van der Waals surface area contributed by atoms with Gasteiger partial charge in [0.15, 0.2) is 0 Å². The first-order chi connectivity index (χ1) is 7.82. The van der Waals surface area contributed by atoms with Crippen LogP contribution in [0, 0.1) is 0 Å². The van der Waals surface area contributed by atoms with E-state index in [2.05, 4.69) is 31.2 Å². The van der Waals surface area contributed by atoms with Crippen molar-refractivity contribution >= 4 is 33.3 Å². The summed E-state index contributed by atoms with van der Waals surface area (Å²) in [6, 6.07) is 0. The third-order valence-electron chi connectivity index (χ3n) is 2.04. The van der Waals surface area contributed by atoms with Crippen LogP contribution in [0.15, 0.2) is 10.8 Å². The van der Waals surface area contributed by atoms with Gasteiger partial charge in [0.2, 0.25) is 0 Å². The summed E-state index contributed by atoms with van der Waals surface area (Å²) in [4.78, 5) is 9.79. The van der Waals surface area contributed by atoms with Crippen LogP contribution in [0.4, 0.5) is 5.82 Å². The van der Waals surface area contributed by atoms with E-state index in [0.29, 0.717) is 28.5 Å². The van der Waals surface area contributed by atoms with Crippen LogP contribution in [0.25, 0.3) is 0 Å². The van der Waals surface area contributed by atoms with E-state index >= 15 is 0 Å². The zero-order valence-corrected chi connectivity index (χ0v) is 12.4. The van der Waals surface area contributed by atoms with Crippen LogP contribution in [0.2, 0.25) is 5.15 Å². The summed E-state index contributed by atoms with van der Waals surface area (Å²) < 4.78 is 0.599. The number of hydrogen-bond acceptors (Lipinski definition) is 5. The molecule has 0 fully saturated rings. The summed E-state index contributed by atoms with van der Waals surface area (Å²) in [5, 5.41) is 13.5. The fourth-order valence-electron chi connectivity index (χ4n) is 1.48. The van der Waals surface area contributed by atoms with Crippen molar-refractivity contribution in [3.8, 4) is 0 Å². The third-order valence-corrected chi connectivity index (χ3v) is 3.31. The highest BCUT2D eigenvalue weighted by molar-refractivity contribution is 9.10. The monoisotopic (exact) mass is 322 g/mol. The van der Waals surface area contributed by atoms with E-state index in [1.165, 1.54) is 6.33 Å². The van der Waals surface area contributed by atoms with Crippen molar-refractivity contribution in [2.24, 2.45) is 0 Å². The van der Waals surface area contributed by atoms with Crippen molar-refractivity contribution in [1.82, 2.24) is 14.9 Å². The van der Waals surface area contributed by atoms with Gasteiger partial charge in [0.25, 0.3) is 0 Å². The predicted octanol–water partition coefficient (Wildman–Crippen LogP) is 1.62. The molecular formula is C10H16BrClN4O. The molecule has 2 N–H and O–H groups in total. The number of likely N-dealkylation sites (N-methyl/N-ethyl adjacent to an activating group) is 1. The zero-order chi connectivity index (χ0) is 13.1. The van der Waals surface area contributed by atoms with Crippen molar-refractivity contribution in [3.63, 3.8) is 0 Å². The van der Waals surface area contributed by atoms with Gasteiger partial charge in [0.1, 0.15) is 17.3 Å². The quantitative estimate of drug-likeness (QED) is 0.806. The van der Waals surface area contributed by atoms with E-state index in [1.54, 1.807) is 6.92 Å². The fraction of sp³-hybridized carbons (Fsp3) is 0.600. The smallest absolute Gasteiger partial charge is 0.148 e. The normalized spacial score (nSPS) is 14.8. The van der Waals surface area contributed by atoms with Crippen molar-refractivity contribution in [1.29, 1.82) is 0 Å². The molecule has 96 valence electrons. The highest BCUT2D eigenvalue weighted by Crippen LogP contribution is 2.26. The lowest BCUT2D eigenvalue weighted by Gasteiger charge is -2.27. The van der Waals surface area contributed by atoms with Crippen LogP contribution < -0.4 is 5.32 Å². The minimum Gasteiger partial charge on any atom is -0.387 e. The Hall–Kier alpha value is -0.430. The molecule has 0 saturated heterocycles. The Labute approximate surface area is 114 Å². The second kappa shape index (κ2) is 5.95. The second-order valence-corrected chi connectivity index (χ2v) is 5.57. The molecule has 1 rings (SSSR count). The van der Waals surface area contributed by atoms with E-state index in [9.17, 15) is 5.11 Å². The largest absolute Gasteiger partial charge is 0.387 e. The molecule has 1 aromatic heterocycles. The van der Waals surface area contributed by atoms with Gasteiger partial charge in [-0.05, 0) is 36.9 Å². The SMILES string of the molecule is CN(C)CC(C)(O)CNc1ncnc(Cl)c1Br. The molecule has 1 heterocycles. The maximum Gasteiger partial charge on any atom is 0.148 e. The van der Waals surface area contributed by atoms with Gasteiger partial charge < -0.3 is 15.3 Å². The van der Waals surface area contributed by atoms with Crippen LogP contribution in [0.3, 0.4) is 0 Å². The lowest BCUT2D eigenvalue weighted by atomic mass is 10.1. The lowest BCUT2D eigenvalue weighted by Crippen LogP contribution is -2.43. The van der Waals surface area contributed by atoms with E-state index in [-0.39, 0.29) is 0 Å². The average Bonchev–Trinajstić information content (AvgIpc) is 2.18. The van der Waals surface area contributed by atoms with Gasteiger partial charge in [-0.15, -0.1) is 0 Å². The molecule has 1 unspecified atom stereocenters. The maximum atomic E-state index is 10.1. The van der Waals surface area contributed by atoms with Crippen molar-refractivity contribution in [3.05, 3.63) is 16.0 Å². The summed E-state index contributed by atoms with van der Waals surface area (Å²) in [6.45, 7) is 2.68. The summed E-state index contributed by atoms with van der Waals surface area (Å²) in [5.41, 5.74) is -0.847. The van der Waals surface area contributed by atoms with Crippen LogP contribution in [0.5, 0.6) is 0 Å². The van der Waals surface area contributed by atoms with Gasteiger partial charge >= 0.3 is 0 Å². The molecule has 7 heteroatoms. The Morgan fingerprint density at radius 3 is 2.76 bits per heavy atom. The number of nitrogens with one attached hydrogen (secondary N) is 1. The fourth-order valence-corrected chi connectivity index (χ4v) is 1.96. The summed E-state index contributed by atoms with van der Waals surface area (Å²) >= 11 is 9.13. The number of rotatable bonds is 5. The molecule has 0 bridgehead atoms. The predicted molar refractivity (Wildman–Crippen MR) is 72.4 cm³/mol. The molecule has 0 aliphatic heterocycles. The van der Waals surface area contributed by atoms with Crippen LogP contribution in [0.1, 0.15) is 6.92 Å². The first kappa shape index (κ1) is 14.6. The Bertz CT molecular complexity index is 387. The second-order valence-electron chi connectivity index (χ2n) is 4.42. The van der Waals surface area contributed by atoms with Crippen molar-refractivity contribution in [2.45, 2.75) is 12.5 Å². The first-order valence-electron chi connectivity index (χ1n) is 5.09. The minimum absolute atomic E-state index is 0.342. The molecule has 0 aliphatic rings. The average molecular weight is 324 g/mol. The summed E-state index contributed by atoms with van der Waals surface area (Å²) in [6.07, 6.45) is 1.37. The van der Waals surface area contributed by atoms with Gasteiger partial charge in [0.05, 0.1) is 10.1 Å². The molecule has 17 heavy (non-hydrogen) atoms. The highest BCUT2D eigenvalue weighted by atomic mass is 79.9. The van der Waals surface area contributed by atoms with E-state index < -0.39 is 5.60 Å². The number of anilines is 1. The lowest BCUT2D eigenvalue weighted by molar-refractivity contribution is 0.0459. The van der Waals surface area contributed by atoms with Gasteiger partial charge in [-0.3, -0.25) is 0 Å². The highest BCUT2D eigenvalue weighted by Gasteiger charge is 2.21. The van der Waals surface area contributed by atoms with Gasteiger partial charge in [-0.1, -0.05) is 11.6 Å². The van der Waals surface area contributed by atoms with Gasteiger partial charge in [-0.2, -0.15) is 0 Å². The topological polar surface area (TPSA) is 61.3 Å². The van der Waals surface area contributed by atoms with Gasteiger partial charge in [0, 0.05) is 13.1 Å². The minimum atomic E-state index is -0.847. The molecule has 1 aromatic rings. The maximum absolute atomic E-state index is 10.1. The first-order valence-corrected chi connectivity index (χ1v) is 6.26. The molecule has 0 radical (unpaired) electrons. The van der Waals surface area contributed by atoms with E-state index in [1.807, 2.05) is 19.0 Å². The third kappa shape index (κ3) is 4.75. The van der Waals surface area contributed by atoms with Crippen molar-refractivity contribution < 1.29 is 5.11 Å². The number of aromatic nitrogens is 2. The molecule has 5 nitrogen and oxygen atoms in total. The number of halogens is 2. The van der Waals surface area contributed by atoms with Crippen molar-refractivity contribution in [2.75, 3.05) is 32.5 Å². The molecule has 0 aromatic carbocycles. The van der Waals surface area contributed by atoms with Crippen LogP contribution >= 0.6 is 27.5 Å². The molecule has 0 spiro atoms. The Morgan fingerprint density at radius 2 is 2.18 bits per heavy atom. The van der Waals surface area contributed by atoms with E-state index in [4.69, 9.17) is 11.6 Å². The Balaban J connectivity index is 2.64. The van der Waals surface area contributed by atoms with E-state index in [0.717, 1.165) is 0 Å². The molecule has 1 atom stereocenters.